The third kappa shape index (κ3) is 2.78. The fourth-order valence-corrected chi connectivity index (χ4v) is 2.48. The third-order valence-corrected chi connectivity index (χ3v) is 3.34. The second-order valence-corrected chi connectivity index (χ2v) is 4.98. The molecule has 18 heavy (non-hydrogen) atoms. The number of rotatable bonds is 3. The number of ketones is 1. The number of nitrogens with zero attached hydrogens (tertiary/aromatic N) is 3. The molecule has 0 aromatic carbocycles. The number of piperidine rings is 1. The van der Waals surface area contributed by atoms with Gasteiger partial charge in [-0.1, -0.05) is 0 Å². The molecule has 0 saturated carbocycles. The third-order valence-electron chi connectivity index (χ3n) is 3.34. The highest BCUT2D eigenvalue weighted by molar-refractivity contribution is 5.92. The van der Waals surface area contributed by atoms with E-state index in [1.807, 2.05) is 11.9 Å². The molecule has 1 saturated heterocycles. The van der Waals surface area contributed by atoms with Gasteiger partial charge >= 0.3 is 0 Å². The van der Waals surface area contributed by atoms with Crippen molar-refractivity contribution in [1.29, 1.82) is 0 Å². The summed E-state index contributed by atoms with van der Waals surface area (Å²) >= 11 is 0. The number of imidazole rings is 1. The molecule has 0 bridgehead atoms. The largest absolute Gasteiger partial charge is 0.340 e. The second-order valence-electron chi connectivity index (χ2n) is 4.98. The molecule has 0 aliphatic carbocycles. The normalized spacial score (nSPS) is 19.9. The first kappa shape index (κ1) is 12.8. The maximum Gasteiger partial charge on any atom is 0.274 e. The molecule has 1 fully saturated rings. The number of carbonyl (C=O) groups is 2. The number of aryl methyl sites for hydroxylation is 1. The summed E-state index contributed by atoms with van der Waals surface area (Å²) in [6, 6.07) is 0.0470. The van der Waals surface area contributed by atoms with E-state index in [0.717, 1.165) is 25.8 Å². The summed E-state index contributed by atoms with van der Waals surface area (Å²) in [5.74, 6) is 0.0854. The van der Waals surface area contributed by atoms with Crippen LogP contribution in [0.4, 0.5) is 0 Å². The number of hydrogen-bond donors (Lipinski definition) is 0. The van der Waals surface area contributed by atoms with E-state index in [1.54, 1.807) is 24.0 Å². The summed E-state index contributed by atoms with van der Waals surface area (Å²) < 4.78 is 1.76. The molecule has 1 aliphatic rings. The molecular weight excluding hydrogens is 230 g/mol. The van der Waals surface area contributed by atoms with E-state index < -0.39 is 0 Å². The van der Waals surface area contributed by atoms with Crippen molar-refractivity contribution in [3.05, 3.63) is 18.2 Å². The molecule has 0 N–H and O–H groups in total. The van der Waals surface area contributed by atoms with Gasteiger partial charge in [-0.05, 0) is 26.2 Å². The number of amides is 1. The van der Waals surface area contributed by atoms with Crippen LogP contribution < -0.4 is 0 Å². The average Bonchev–Trinajstić information content (AvgIpc) is 2.75. The van der Waals surface area contributed by atoms with Crippen LogP contribution in [0.25, 0.3) is 0 Å². The molecule has 98 valence electrons. The van der Waals surface area contributed by atoms with Crippen LogP contribution in [0.2, 0.25) is 0 Å². The van der Waals surface area contributed by atoms with Crippen LogP contribution in [-0.4, -0.2) is 38.7 Å². The van der Waals surface area contributed by atoms with Crippen LogP contribution in [-0.2, 0) is 11.8 Å². The predicted molar refractivity (Wildman–Crippen MR) is 67.2 cm³/mol. The minimum atomic E-state index is -0.0541. The lowest BCUT2D eigenvalue weighted by molar-refractivity contribution is -0.118. The van der Waals surface area contributed by atoms with Gasteiger partial charge in [0.15, 0.2) is 0 Å². The fourth-order valence-electron chi connectivity index (χ4n) is 2.48. The molecule has 1 unspecified atom stereocenters. The highest BCUT2D eigenvalue weighted by Gasteiger charge is 2.29. The number of likely N-dealkylation sites (tertiary alicyclic amines) is 1. The highest BCUT2D eigenvalue weighted by Crippen LogP contribution is 2.21. The van der Waals surface area contributed by atoms with Gasteiger partial charge in [-0.2, -0.15) is 0 Å². The van der Waals surface area contributed by atoms with Crippen molar-refractivity contribution in [2.45, 2.75) is 38.6 Å². The van der Waals surface area contributed by atoms with Crippen LogP contribution in [0.5, 0.6) is 0 Å². The summed E-state index contributed by atoms with van der Waals surface area (Å²) in [5.41, 5.74) is 0.466. The van der Waals surface area contributed by atoms with Gasteiger partial charge in [0.1, 0.15) is 11.5 Å². The van der Waals surface area contributed by atoms with Crippen molar-refractivity contribution in [2.24, 2.45) is 7.05 Å². The summed E-state index contributed by atoms with van der Waals surface area (Å²) in [4.78, 5) is 29.5. The number of Topliss-reactive ketones (excluding diaryl/α,β-unsaturated/α-hetero) is 1. The van der Waals surface area contributed by atoms with Crippen molar-refractivity contribution >= 4 is 11.7 Å². The van der Waals surface area contributed by atoms with Crippen molar-refractivity contribution in [3.63, 3.8) is 0 Å². The Morgan fingerprint density at radius 1 is 1.44 bits per heavy atom. The van der Waals surface area contributed by atoms with Crippen molar-refractivity contribution in [2.75, 3.05) is 6.54 Å². The quantitative estimate of drug-likeness (QED) is 0.813. The summed E-state index contributed by atoms with van der Waals surface area (Å²) in [7, 11) is 1.84. The molecule has 5 heteroatoms. The van der Waals surface area contributed by atoms with Gasteiger partial charge in [0.05, 0.1) is 6.33 Å². The van der Waals surface area contributed by atoms with Gasteiger partial charge in [0.25, 0.3) is 5.91 Å². The average molecular weight is 249 g/mol. The van der Waals surface area contributed by atoms with E-state index in [9.17, 15) is 9.59 Å². The van der Waals surface area contributed by atoms with Gasteiger partial charge < -0.3 is 9.47 Å². The van der Waals surface area contributed by atoms with Crippen LogP contribution in [0.3, 0.4) is 0 Å². The minimum Gasteiger partial charge on any atom is -0.340 e. The van der Waals surface area contributed by atoms with Gasteiger partial charge in [0, 0.05) is 32.3 Å². The van der Waals surface area contributed by atoms with Crippen LogP contribution >= 0.6 is 0 Å². The zero-order valence-electron chi connectivity index (χ0n) is 10.9. The summed E-state index contributed by atoms with van der Waals surface area (Å²) in [6.45, 7) is 2.31. The predicted octanol–water partition coefficient (Wildman–Crippen LogP) is 1.39. The van der Waals surface area contributed by atoms with Crippen LogP contribution in [0.15, 0.2) is 12.5 Å². The topological polar surface area (TPSA) is 55.2 Å². The molecule has 1 amide bonds. The molecule has 2 rings (SSSR count). The number of carbonyl (C=O) groups excluding carboxylic acids is 2. The first-order valence-corrected chi connectivity index (χ1v) is 6.36. The zero-order valence-corrected chi connectivity index (χ0v) is 10.9. The smallest absolute Gasteiger partial charge is 0.274 e. The Balaban J connectivity index is 2.13. The van der Waals surface area contributed by atoms with E-state index in [-0.39, 0.29) is 17.7 Å². The van der Waals surface area contributed by atoms with E-state index in [4.69, 9.17) is 0 Å². The lowest BCUT2D eigenvalue weighted by Gasteiger charge is -2.34. The molecule has 1 aromatic rings. The van der Waals surface area contributed by atoms with Crippen LogP contribution in [0.1, 0.15) is 43.1 Å². The van der Waals surface area contributed by atoms with Crippen molar-refractivity contribution < 1.29 is 9.59 Å². The molecule has 1 atom stereocenters. The lowest BCUT2D eigenvalue weighted by Crippen LogP contribution is -2.44. The molecule has 2 heterocycles. The summed E-state index contributed by atoms with van der Waals surface area (Å²) in [6.07, 6.45) is 6.81. The Hall–Kier alpha value is -1.65. The maximum absolute atomic E-state index is 12.3. The van der Waals surface area contributed by atoms with E-state index in [1.165, 1.54) is 0 Å². The van der Waals surface area contributed by atoms with E-state index >= 15 is 0 Å². The van der Waals surface area contributed by atoms with Crippen molar-refractivity contribution in [1.82, 2.24) is 14.5 Å². The lowest BCUT2D eigenvalue weighted by atomic mass is 9.97. The molecule has 1 aliphatic heterocycles. The highest BCUT2D eigenvalue weighted by atomic mass is 16.2. The standard InChI is InChI=1S/C13H19N3O2/c1-10(17)7-11-5-3-4-6-16(11)13(18)12-8-15(2)9-14-12/h8-9,11H,3-7H2,1-2H3. The Morgan fingerprint density at radius 3 is 2.83 bits per heavy atom. The molecule has 1 aromatic heterocycles. The Labute approximate surface area is 107 Å². The Morgan fingerprint density at radius 2 is 2.22 bits per heavy atom. The minimum absolute atomic E-state index is 0.0470. The second kappa shape index (κ2) is 5.33. The Bertz CT molecular complexity index is 453. The van der Waals surface area contributed by atoms with Gasteiger partial charge in [-0.3, -0.25) is 9.59 Å². The Kier molecular flexibility index (Phi) is 3.79. The van der Waals surface area contributed by atoms with Gasteiger partial charge in [-0.25, -0.2) is 4.98 Å². The maximum atomic E-state index is 12.3. The molecule has 0 spiro atoms. The van der Waals surface area contributed by atoms with Crippen LogP contribution in [0, 0.1) is 0 Å². The van der Waals surface area contributed by atoms with E-state index in [0.29, 0.717) is 12.1 Å². The first-order chi connectivity index (χ1) is 8.58. The summed E-state index contributed by atoms with van der Waals surface area (Å²) in [5, 5.41) is 0. The zero-order chi connectivity index (χ0) is 13.1. The van der Waals surface area contributed by atoms with Gasteiger partial charge in [-0.15, -0.1) is 0 Å². The first-order valence-electron chi connectivity index (χ1n) is 6.36. The monoisotopic (exact) mass is 249 g/mol. The molecule has 0 radical (unpaired) electrons. The van der Waals surface area contributed by atoms with Gasteiger partial charge in [0.2, 0.25) is 0 Å². The van der Waals surface area contributed by atoms with E-state index in [2.05, 4.69) is 4.98 Å². The van der Waals surface area contributed by atoms with Crippen molar-refractivity contribution in [3.8, 4) is 0 Å². The number of aromatic nitrogens is 2. The number of hydrogen-bond acceptors (Lipinski definition) is 3. The molecular formula is C13H19N3O2. The molecule has 5 nitrogen and oxygen atoms in total. The SMILES string of the molecule is CC(=O)CC1CCCCN1C(=O)c1cn(C)cn1. The fraction of sp³-hybridized carbons (Fsp3) is 0.615.